The van der Waals surface area contributed by atoms with Gasteiger partial charge in [-0.05, 0) is 25.8 Å². The van der Waals surface area contributed by atoms with Gasteiger partial charge in [-0.2, -0.15) is 0 Å². The lowest BCUT2D eigenvalue weighted by Gasteiger charge is -2.10. The molecule has 100 valence electrons. The van der Waals surface area contributed by atoms with E-state index < -0.39 is 9.84 Å². The topological polar surface area (TPSA) is 75.3 Å². The van der Waals surface area contributed by atoms with Crippen molar-refractivity contribution in [2.24, 2.45) is 0 Å². The molecule has 1 heterocycles. The maximum Gasteiger partial charge on any atom is 0.219 e. The Balaban J connectivity index is 2.00. The summed E-state index contributed by atoms with van der Waals surface area (Å²) in [4.78, 5) is 11.1. The maximum absolute atomic E-state index is 11.2. The molecule has 17 heavy (non-hydrogen) atoms. The largest absolute Gasteiger partial charge is 0.356 e. The predicted octanol–water partition coefficient (Wildman–Crippen LogP) is 0.0695. The summed E-state index contributed by atoms with van der Waals surface area (Å²) >= 11 is 0. The fourth-order valence-corrected chi connectivity index (χ4v) is 3.60. The van der Waals surface area contributed by atoms with Gasteiger partial charge in [0.15, 0.2) is 9.84 Å². The second-order valence-corrected chi connectivity index (χ2v) is 6.74. The van der Waals surface area contributed by atoms with Crippen molar-refractivity contribution in [1.82, 2.24) is 10.6 Å². The van der Waals surface area contributed by atoms with Crippen molar-refractivity contribution in [1.29, 1.82) is 0 Å². The predicted molar refractivity (Wildman–Crippen MR) is 67.6 cm³/mol. The second-order valence-electron chi connectivity index (χ2n) is 4.51. The molecule has 1 aliphatic rings. The summed E-state index contributed by atoms with van der Waals surface area (Å²) in [5.74, 6) is 0.656. The standard InChI is InChI=1S/C11H22N2O3S/c1-2-4-11(14)13-7-3-6-12-10-5-8-17(15,16)9-10/h10,12H,2-9H2,1H3,(H,13,14)/t10-/m1/s1. The molecule has 0 saturated carbocycles. The van der Waals surface area contributed by atoms with Gasteiger partial charge in [0, 0.05) is 19.0 Å². The third-order valence-corrected chi connectivity index (χ3v) is 4.59. The van der Waals surface area contributed by atoms with Gasteiger partial charge in [-0.15, -0.1) is 0 Å². The van der Waals surface area contributed by atoms with Crippen LogP contribution in [-0.2, 0) is 14.6 Å². The van der Waals surface area contributed by atoms with Gasteiger partial charge in [-0.1, -0.05) is 6.92 Å². The first-order chi connectivity index (χ1) is 8.03. The summed E-state index contributed by atoms with van der Waals surface area (Å²) in [6, 6.07) is 0.103. The summed E-state index contributed by atoms with van der Waals surface area (Å²) in [5.41, 5.74) is 0. The molecule has 1 atom stereocenters. The summed E-state index contributed by atoms with van der Waals surface area (Å²) in [6.45, 7) is 3.39. The van der Waals surface area contributed by atoms with E-state index in [1.54, 1.807) is 0 Å². The molecule has 0 aliphatic carbocycles. The second kappa shape index (κ2) is 6.96. The third-order valence-electron chi connectivity index (χ3n) is 2.82. The molecule has 1 saturated heterocycles. The van der Waals surface area contributed by atoms with E-state index in [9.17, 15) is 13.2 Å². The van der Waals surface area contributed by atoms with Crippen molar-refractivity contribution in [2.75, 3.05) is 24.6 Å². The van der Waals surface area contributed by atoms with Gasteiger partial charge in [0.1, 0.15) is 0 Å². The Hall–Kier alpha value is -0.620. The Morgan fingerprint density at radius 2 is 2.12 bits per heavy atom. The molecule has 0 bridgehead atoms. The highest BCUT2D eigenvalue weighted by molar-refractivity contribution is 7.91. The molecule has 0 aromatic carbocycles. The van der Waals surface area contributed by atoms with Crippen LogP contribution in [0.2, 0.25) is 0 Å². The first kappa shape index (κ1) is 14.4. The minimum atomic E-state index is -2.79. The fourth-order valence-electron chi connectivity index (χ4n) is 1.89. The molecular formula is C11H22N2O3S. The van der Waals surface area contributed by atoms with Crippen LogP contribution < -0.4 is 10.6 Å². The minimum absolute atomic E-state index is 0.0935. The smallest absolute Gasteiger partial charge is 0.219 e. The Bertz CT molecular complexity index is 341. The first-order valence-electron chi connectivity index (χ1n) is 6.24. The molecule has 1 fully saturated rings. The third kappa shape index (κ3) is 6.02. The van der Waals surface area contributed by atoms with Crippen molar-refractivity contribution in [3.63, 3.8) is 0 Å². The molecule has 1 aliphatic heterocycles. The molecule has 1 amide bonds. The Morgan fingerprint density at radius 3 is 2.71 bits per heavy atom. The monoisotopic (exact) mass is 262 g/mol. The van der Waals surface area contributed by atoms with Crippen LogP contribution in [0.1, 0.15) is 32.6 Å². The van der Waals surface area contributed by atoms with Crippen LogP contribution >= 0.6 is 0 Å². The average molecular weight is 262 g/mol. The van der Waals surface area contributed by atoms with Crippen molar-refractivity contribution >= 4 is 15.7 Å². The Morgan fingerprint density at radius 1 is 1.35 bits per heavy atom. The lowest BCUT2D eigenvalue weighted by atomic mass is 10.2. The molecule has 0 unspecified atom stereocenters. The van der Waals surface area contributed by atoms with E-state index in [2.05, 4.69) is 10.6 Å². The van der Waals surface area contributed by atoms with Gasteiger partial charge < -0.3 is 10.6 Å². The molecule has 0 aromatic rings. The number of sulfone groups is 1. The number of rotatable bonds is 7. The van der Waals surface area contributed by atoms with Crippen LogP contribution in [0.4, 0.5) is 0 Å². The van der Waals surface area contributed by atoms with Crippen molar-refractivity contribution in [3.05, 3.63) is 0 Å². The summed E-state index contributed by atoms with van der Waals surface area (Å²) < 4.78 is 22.4. The van der Waals surface area contributed by atoms with Crippen molar-refractivity contribution < 1.29 is 13.2 Å². The van der Waals surface area contributed by atoms with Crippen LogP contribution in [0.3, 0.4) is 0 Å². The number of carbonyl (C=O) groups excluding carboxylic acids is 1. The minimum Gasteiger partial charge on any atom is -0.356 e. The summed E-state index contributed by atoms with van der Waals surface area (Å²) in [7, 11) is -2.79. The molecule has 6 heteroatoms. The number of hydrogen-bond donors (Lipinski definition) is 2. The van der Waals surface area contributed by atoms with Crippen LogP contribution in [0, 0.1) is 0 Å². The Labute approximate surface area is 103 Å². The first-order valence-corrected chi connectivity index (χ1v) is 8.06. The zero-order valence-electron chi connectivity index (χ0n) is 10.4. The maximum atomic E-state index is 11.2. The highest BCUT2D eigenvalue weighted by atomic mass is 32.2. The lowest BCUT2D eigenvalue weighted by molar-refractivity contribution is -0.121. The van der Waals surface area contributed by atoms with Crippen molar-refractivity contribution in [2.45, 2.75) is 38.6 Å². The lowest BCUT2D eigenvalue weighted by Crippen LogP contribution is -2.33. The van der Waals surface area contributed by atoms with Gasteiger partial charge >= 0.3 is 0 Å². The zero-order valence-corrected chi connectivity index (χ0v) is 11.2. The number of amides is 1. The van der Waals surface area contributed by atoms with Gasteiger partial charge in [0.05, 0.1) is 11.5 Å². The van der Waals surface area contributed by atoms with E-state index in [0.29, 0.717) is 25.1 Å². The number of hydrogen-bond acceptors (Lipinski definition) is 4. The molecule has 2 N–H and O–H groups in total. The van der Waals surface area contributed by atoms with Crippen LogP contribution in [0.5, 0.6) is 0 Å². The zero-order chi connectivity index (χ0) is 12.7. The molecule has 0 spiro atoms. The molecule has 0 radical (unpaired) electrons. The SMILES string of the molecule is CCCC(=O)NCCCN[C@@H]1CCS(=O)(=O)C1. The van der Waals surface area contributed by atoms with E-state index >= 15 is 0 Å². The van der Waals surface area contributed by atoms with E-state index in [4.69, 9.17) is 0 Å². The van der Waals surface area contributed by atoms with E-state index in [-0.39, 0.29) is 17.7 Å². The fraction of sp³-hybridized carbons (Fsp3) is 0.909. The average Bonchev–Trinajstić information content (AvgIpc) is 2.58. The van der Waals surface area contributed by atoms with Crippen LogP contribution in [0.25, 0.3) is 0 Å². The van der Waals surface area contributed by atoms with E-state index in [0.717, 1.165) is 19.4 Å². The van der Waals surface area contributed by atoms with Crippen molar-refractivity contribution in [3.8, 4) is 0 Å². The number of nitrogens with one attached hydrogen (secondary N) is 2. The van der Waals surface area contributed by atoms with E-state index in [1.165, 1.54) is 0 Å². The van der Waals surface area contributed by atoms with Gasteiger partial charge in [-0.25, -0.2) is 8.42 Å². The Kier molecular flexibility index (Phi) is 5.91. The van der Waals surface area contributed by atoms with Crippen LogP contribution in [0.15, 0.2) is 0 Å². The molecular weight excluding hydrogens is 240 g/mol. The highest BCUT2D eigenvalue weighted by Crippen LogP contribution is 2.10. The quantitative estimate of drug-likeness (QED) is 0.637. The normalized spacial score (nSPS) is 22.5. The molecule has 0 aromatic heterocycles. The summed E-state index contributed by atoms with van der Waals surface area (Å²) in [6.07, 6.45) is 2.99. The molecule has 5 nitrogen and oxygen atoms in total. The number of carbonyl (C=O) groups is 1. The van der Waals surface area contributed by atoms with Crippen LogP contribution in [-0.4, -0.2) is 45.0 Å². The summed E-state index contributed by atoms with van der Waals surface area (Å²) in [5, 5.41) is 6.04. The van der Waals surface area contributed by atoms with Gasteiger partial charge in [0.25, 0.3) is 0 Å². The van der Waals surface area contributed by atoms with Gasteiger partial charge in [-0.3, -0.25) is 4.79 Å². The van der Waals surface area contributed by atoms with Gasteiger partial charge in [0.2, 0.25) is 5.91 Å². The molecule has 1 rings (SSSR count). The van der Waals surface area contributed by atoms with E-state index in [1.807, 2.05) is 6.92 Å². The highest BCUT2D eigenvalue weighted by Gasteiger charge is 2.26.